The Hall–Kier alpha value is -2.02. The average molecular weight is 492 g/mol. The monoisotopic (exact) mass is 491 g/mol. The number of hydrogen-bond acceptors (Lipinski definition) is 3. The summed E-state index contributed by atoms with van der Waals surface area (Å²) in [5.74, 6) is 1.12. The molecule has 7 nitrogen and oxygen atoms in total. The van der Waals surface area contributed by atoms with Gasteiger partial charge in [0, 0.05) is 13.1 Å². The Morgan fingerprint density at radius 1 is 0.514 bits per heavy atom. The Balaban J connectivity index is 3.27. The first-order valence-electron chi connectivity index (χ1n) is 14.0. The summed E-state index contributed by atoms with van der Waals surface area (Å²) in [5.41, 5.74) is 14.2. The van der Waals surface area contributed by atoms with Crippen molar-refractivity contribution in [2.75, 3.05) is 39.3 Å². The van der Waals surface area contributed by atoms with Gasteiger partial charge in [0.1, 0.15) is 0 Å². The second-order valence-corrected chi connectivity index (χ2v) is 9.86. The van der Waals surface area contributed by atoms with E-state index in [1.807, 2.05) is 0 Å². The Kier molecular flexibility index (Phi) is 23.6. The molecule has 0 atom stereocenters. The second-order valence-electron chi connectivity index (χ2n) is 9.86. The molecular weight excluding hydrogens is 434 g/mol. The van der Waals surface area contributed by atoms with Crippen molar-refractivity contribution in [1.29, 1.82) is 0 Å². The van der Waals surface area contributed by atoms with E-state index >= 15 is 0 Å². The first kappa shape index (κ1) is 33.0. The topological polar surface area (TPSA) is 113 Å². The summed E-state index contributed by atoms with van der Waals surface area (Å²) in [7, 11) is 0. The molecule has 0 aliphatic rings. The van der Waals surface area contributed by atoms with Crippen molar-refractivity contribution in [2.24, 2.45) is 21.5 Å². The Morgan fingerprint density at radius 2 is 0.829 bits per heavy atom. The smallest absolute Gasteiger partial charge is 0.188 e. The van der Waals surface area contributed by atoms with Crippen molar-refractivity contribution < 1.29 is 0 Å². The van der Waals surface area contributed by atoms with E-state index in [1.54, 1.807) is 0 Å². The molecule has 204 valence electrons. The van der Waals surface area contributed by atoms with Crippen LogP contribution in [0.3, 0.4) is 0 Å². The molecule has 35 heavy (non-hydrogen) atoms. The first-order valence-corrected chi connectivity index (χ1v) is 14.0. The molecular formula is C28H57N7. The number of nitrogens with one attached hydrogen (secondary N) is 3. The van der Waals surface area contributed by atoms with Crippen LogP contribution in [0.2, 0.25) is 0 Å². The third-order valence-corrected chi connectivity index (χ3v) is 5.70. The molecule has 7 heteroatoms. The van der Waals surface area contributed by atoms with Gasteiger partial charge in [0.05, 0.1) is 13.1 Å². The van der Waals surface area contributed by atoms with Crippen molar-refractivity contribution in [3.8, 4) is 0 Å². The molecule has 0 spiro atoms. The third-order valence-electron chi connectivity index (χ3n) is 5.70. The molecule has 0 aromatic rings. The van der Waals surface area contributed by atoms with Crippen LogP contribution in [0.1, 0.15) is 105 Å². The molecule has 0 aliphatic heterocycles. The van der Waals surface area contributed by atoms with Crippen LogP contribution in [0.4, 0.5) is 0 Å². The fourth-order valence-electron chi connectivity index (χ4n) is 3.49. The molecule has 0 unspecified atom stereocenters. The molecule has 0 aliphatic carbocycles. The van der Waals surface area contributed by atoms with E-state index in [0.717, 1.165) is 39.0 Å². The van der Waals surface area contributed by atoms with Crippen LogP contribution in [-0.2, 0) is 0 Å². The van der Waals surface area contributed by atoms with E-state index in [4.69, 9.17) is 11.5 Å². The highest BCUT2D eigenvalue weighted by Gasteiger charge is 1.96. The van der Waals surface area contributed by atoms with Gasteiger partial charge in [-0.15, -0.1) is 0 Å². The van der Waals surface area contributed by atoms with E-state index in [0.29, 0.717) is 25.0 Å². The summed E-state index contributed by atoms with van der Waals surface area (Å²) in [5, 5.41) is 9.99. The molecule has 0 saturated heterocycles. The van der Waals surface area contributed by atoms with E-state index < -0.39 is 0 Å². The van der Waals surface area contributed by atoms with Crippen LogP contribution < -0.4 is 27.4 Å². The average Bonchev–Trinajstić information content (AvgIpc) is 2.80. The Morgan fingerprint density at radius 3 is 1.17 bits per heavy atom. The summed E-state index contributed by atoms with van der Waals surface area (Å²) in [6.45, 7) is 13.8. The third kappa shape index (κ3) is 28.1. The van der Waals surface area contributed by atoms with Gasteiger partial charge in [0.25, 0.3) is 0 Å². The lowest BCUT2D eigenvalue weighted by atomic mass is 10.1. The van der Waals surface area contributed by atoms with E-state index in [1.165, 1.54) is 75.4 Å². The van der Waals surface area contributed by atoms with Crippen LogP contribution in [0.15, 0.2) is 33.3 Å². The van der Waals surface area contributed by atoms with Gasteiger partial charge in [0.15, 0.2) is 11.9 Å². The van der Waals surface area contributed by atoms with Crippen molar-refractivity contribution in [2.45, 2.75) is 105 Å². The molecule has 0 bridgehead atoms. The predicted octanol–water partition coefficient (Wildman–Crippen LogP) is 5.00. The Labute approximate surface area is 216 Å². The van der Waals surface area contributed by atoms with Crippen LogP contribution in [0.25, 0.3) is 0 Å². The van der Waals surface area contributed by atoms with Gasteiger partial charge < -0.3 is 27.4 Å². The highest BCUT2D eigenvalue weighted by Crippen LogP contribution is 2.06. The van der Waals surface area contributed by atoms with Crippen LogP contribution in [0.5, 0.6) is 0 Å². The van der Waals surface area contributed by atoms with E-state index in [-0.39, 0.29) is 0 Å². The number of guanidine groups is 2. The van der Waals surface area contributed by atoms with Gasteiger partial charge in [0.2, 0.25) is 0 Å². The molecule has 0 amide bonds. The van der Waals surface area contributed by atoms with Gasteiger partial charge in [-0.3, -0.25) is 0 Å². The summed E-state index contributed by atoms with van der Waals surface area (Å²) in [6.07, 6.45) is 19.5. The number of aliphatic imine (C=N–C) groups is 2. The van der Waals surface area contributed by atoms with E-state index in [9.17, 15) is 0 Å². The summed E-state index contributed by atoms with van der Waals surface area (Å²) in [4.78, 5) is 8.57. The number of nitrogens with zero attached hydrogens (tertiary/aromatic N) is 2. The SMILES string of the molecule is CC(C)=CCN=C(N)NCCCCCCCCNCCCCCCCCNC(N)=NCC=C(C)C. The molecule has 0 saturated carbocycles. The molecule has 0 aromatic carbocycles. The lowest BCUT2D eigenvalue weighted by Gasteiger charge is -2.07. The maximum atomic E-state index is 5.85. The molecule has 0 heterocycles. The zero-order chi connectivity index (χ0) is 26.0. The largest absolute Gasteiger partial charge is 0.370 e. The zero-order valence-corrected chi connectivity index (χ0v) is 23.4. The number of nitrogens with two attached hydrogens (primary N) is 2. The molecule has 0 aromatic heterocycles. The van der Waals surface area contributed by atoms with Crippen molar-refractivity contribution in [3.63, 3.8) is 0 Å². The molecule has 0 radical (unpaired) electrons. The highest BCUT2D eigenvalue weighted by atomic mass is 15.1. The molecule has 0 fully saturated rings. The normalized spacial score (nSPS) is 11.9. The number of rotatable bonds is 22. The quantitative estimate of drug-likeness (QED) is 0.0633. The summed E-state index contributed by atoms with van der Waals surface area (Å²) < 4.78 is 0. The highest BCUT2D eigenvalue weighted by molar-refractivity contribution is 5.78. The first-order chi connectivity index (χ1) is 16.9. The maximum Gasteiger partial charge on any atom is 0.188 e. The van der Waals surface area contributed by atoms with Crippen molar-refractivity contribution in [1.82, 2.24) is 16.0 Å². The second kappa shape index (κ2) is 25.1. The zero-order valence-electron chi connectivity index (χ0n) is 23.4. The van der Waals surface area contributed by atoms with Crippen LogP contribution in [0, 0.1) is 0 Å². The van der Waals surface area contributed by atoms with Gasteiger partial charge in [-0.2, -0.15) is 0 Å². The number of allylic oxidation sites excluding steroid dienone is 2. The minimum atomic E-state index is 0.559. The van der Waals surface area contributed by atoms with Gasteiger partial charge in [-0.1, -0.05) is 74.7 Å². The standard InChI is InChI=1S/C28H57N7/c1-25(2)17-23-34-27(29)32-21-15-11-7-5-9-13-19-31-20-14-10-6-8-12-16-22-33-28(30)35-24-18-26(3)4/h17-18,31H,5-16,19-24H2,1-4H3,(H3,29,32,34)(H3,30,33,35). The molecule has 7 N–H and O–H groups in total. The van der Waals surface area contributed by atoms with Gasteiger partial charge in [-0.25, -0.2) is 9.98 Å². The lowest BCUT2D eigenvalue weighted by molar-refractivity contribution is 0.537. The van der Waals surface area contributed by atoms with Gasteiger partial charge >= 0.3 is 0 Å². The fourth-order valence-corrected chi connectivity index (χ4v) is 3.49. The minimum absolute atomic E-state index is 0.559. The van der Waals surface area contributed by atoms with Crippen molar-refractivity contribution in [3.05, 3.63) is 23.3 Å². The van der Waals surface area contributed by atoms with Crippen LogP contribution in [-0.4, -0.2) is 51.2 Å². The predicted molar refractivity (Wildman–Crippen MR) is 156 cm³/mol. The number of unbranched alkanes of at least 4 members (excludes halogenated alkanes) is 10. The number of hydrogen-bond donors (Lipinski definition) is 5. The minimum Gasteiger partial charge on any atom is -0.370 e. The maximum absolute atomic E-state index is 5.85. The lowest BCUT2D eigenvalue weighted by Crippen LogP contribution is -2.32. The Bertz CT molecular complexity index is 548. The summed E-state index contributed by atoms with van der Waals surface area (Å²) in [6, 6.07) is 0. The van der Waals surface area contributed by atoms with Gasteiger partial charge in [-0.05, 0) is 66.5 Å². The summed E-state index contributed by atoms with van der Waals surface area (Å²) >= 11 is 0. The van der Waals surface area contributed by atoms with Crippen LogP contribution >= 0.6 is 0 Å². The molecule has 0 rings (SSSR count). The fraction of sp³-hybridized carbons (Fsp3) is 0.786. The van der Waals surface area contributed by atoms with Crippen molar-refractivity contribution >= 4 is 11.9 Å². The van der Waals surface area contributed by atoms with E-state index in [2.05, 4.69) is 65.8 Å².